The van der Waals surface area contributed by atoms with Crippen molar-refractivity contribution in [3.8, 4) is 0 Å². The van der Waals surface area contributed by atoms with Crippen LogP contribution in [-0.4, -0.2) is 5.91 Å². The fourth-order valence-electron chi connectivity index (χ4n) is 2.23. The van der Waals surface area contributed by atoms with Gasteiger partial charge in [0.05, 0.1) is 0 Å². The molecule has 1 amide bonds. The monoisotopic (exact) mass is 281 g/mol. The summed E-state index contributed by atoms with van der Waals surface area (Å²) < 4.78 is 0. The Balaban J connectivity index is 2.04. The fourth-order valence-corrected chi connectivity index (χ4v) is 2.23. The molecule has 1 atom stereocenters. The van der Waals surface area contributed by atoms with Crippen molar-refractivity contribution in [3.05, 3.63) is 65.2 Å². The van der Waals surface area contributed by atoms with Crippen LogP contribution in [0.2, 0.25) is 0 Å². The van der Waals surface area contributed by atoms with Gasteiger partial charge in [0.2, 0.25) is 0 Å². The maximum Gasteiger partial charge on any atom is 0.255 e. The smallest absolute Gasteiger partial charge is 0.255 e. The second kappa shape index (κ2) is 7.07. The van der Waals surface area contributed by atoms with Gasteiger partial charge in [0.25, 0.3) is 5.91 Å². The Morgan fingerprint density at radius 1 is 1.00 bits per heavy atom. The van der Waals surface area contributed by atoms with Crippen molar-refractivity contribution in [2.75, 3.05) is 5.32 Å². The summed E-state index contributed by atoms with van der Waals surface area (Å²) in [5.41, 5.74) is 4.08. The molecule has 0 aromatic heterocycles. The molecule has 0 saturated carbocycles. The zero-order chi connectivity index (χ0) is 15.2. The first-order chi connectivity index (χ1) is 10.1. The Labute approximate surface area is 127 Å². The van der Waals surface area contributed by atoms with Crippen LogP contribution in [-0.2, 0) is 6.42 Å². The lowest BCUT2D eigenvalue weighted by molar-refractivity contribution is 0.102. The van der Waals surface area contributed by atoms with E-state index >= 15 is 0 Å². The Hall–Kier alpha value is -2.09. The first-order valence-electron chi connectivity index (χ1n) is 7.64. The van der Waals surface area contributed by atoms with Crippen LogP contribution in [0, 0.1) is 0 Å². The molecule has 2 rings (SSSR count). The molecule has 0 fully saturated rings. The van der Waals surface area contributed by atoms with Crippen LogP contribution in [0.5, 0.6) is 0 Å². The molecule has 0 aliphatic rings. The molecule has 0 aliphatic carbocycles. The van der Waals surface area contributed by atoms with Gasteiger partial charge >= 0.3 is 0 Å². The topological polar surface area (TPSA) is 29.1 Å². The maximum atomic E-state index is 12.2. The van der Waals surface area contributed by atoms with Crippen molar-refractivity contribution >= 4 is 11.6 Å². The van der Waals surface area contributed by atoms with E-state index in [9.17, 15) is 4.79 Å². The average Bonchev–Trinajstić information content (AvgIpc) is 2.55. The second-order valence-electron chi connectivity index (χ2n) is 5.44. The summed E-state index contributed by atoms with van der Waals surface area (Å²) in [7, 11) is 0. The van der Waals surface area contributed by atoms with Gasteiger partial charge in [0.15, 0.2) is 0 Å². The first kappa shape index (κ1) is 15.3. The van der Waals surface area contributed by atoms with Crippen molar-refractivity contribution in [1.29, 1.82) is 0 Å². The number of hydrogen-bond acceptors (Lipinski definition) is 1. The lowest BCUT2D eigenvalue weighted by Gasteiger charge is -2.10. The molecular formula is C19H23NO. The summed E-state index contributed by atoms with van der Waals surface area (Å²) in [5, 5.41) is 2.94. The SMILES string of the molecule is CCc1ccc(C(=O)Nc2ccc([C@H](C)CC)cc2)cc1. The van der Waals surface area contributed by atoms with E-state index < -0.39 is 0 Å². The molecule has 21 heavy (non-hydrogen) atoms. The molecule has 2 heteroatoms. The lowest BCUT2D eigenvalue weighted by atomic mass is 9.98. The third-order valence-corrected chi connectivity index (χ3v) is 3.97. The first-order valence-corrected chi connectivity index (χ1v) is 7.64. The summed E-state index contributed by atoms with van der Waals surface area (Å²) in [6.07, 6.45) is 2.11. The number of rotatable bonds is 5. The van der Waals surface area contributed by atoms with E-state index in [1.54, 1.807) is 0 Å². The van der Waals surface area contributed by atoms with Gasteiger partial charge in [0.1, 0.15) is 0 Å². The normalized spacial score (nSPS) is 12.0. The molecular weight excluding hydrogens is 258 g/mol. The highest BCUT2D eigenvalue weighted by atomic mass is 16.1. The van der Waals surface area contributed by atoms with Crippen LogP contribution in [0.1, 0.15) is 54.6 Å². The van der Waals surface area contributed by atoms with E-state index in [1.807, 2.05) is 36.4 Å². The van der Waals surface area contributed by atoms with Crippen LogP contribution in [0.3, 0.4) is 0 Å². The van der Waals surface area contributed by atoms with Gasteiger partial charge in [0, 0.05) is 11.3 Å². The van der Waals surface area contributed by atoms with E-state index in [1.165, 1.54) is 11.1 Å². The van der Waals surface area contributed by atoms with Crippen LogP contribution in [0.4, 0.5) is 5.69 Å². The summed E-state index contributed by atoms with van der Waals surface area (Å²) in [5.74, 6) is 0.491. The second-order valence-corrected chi connectivity index (χ2v) is 5.44. The Morgan fingerprint density at radius 2 is 1.62 bits per heavy atom. The highest BCUT2D eigenvalue weighted by molar-refractivity contribution is 6.04. The molecule has 0 heterocycles. The van der Waals surface area contributed by atoms with E-state index in [0.717, 1.165) is 18.5 Å². The predicted octanol–water partition coefficient (Wildman–Crippen LogP) is 5.01. The molecule has 110 valence electrons. The van der Waals surface area contributed by atoms with E-state index in [0.29, 0.717) is 11.5 Å². The van der Waals surface area contributed by atoms with Gasteiger partial charge in [-0.05, 0) is 54.2 Å². The highest BCUT2D eigenvalue weighted by Gasteiger charge is 2.07. The largest absolute Gasteiger partial charge is 0.322 e. The minimum atomic E-state index is -0.0612. The summed E-state index contributed by atoms with van der Waals surface area (Å²) >= 11 is 0. The van der Waals surface area contributed by atoms with E-state index in [4.69, 9.17) is 0 Å². The van der Waals surface area contributed by atoms with Gasteiger partial charge in [-0.1, -0.05) is 45.0 Å². The molecule has 0 spiro atoms. The van der Waals surface area contributed by atoms with Gasteiger partial charge in [-0.2, -0.15) is 0 Å². The molecule has 0 bridgehead atoms. The Morgan fingerprint density at radius 3 is 2.14 bits per heavy atom. The number of amides is 1. The van der Waals surface area contributed by atoms with Gasteiger partial charge in [-0.25, -0.2) is 0 Å². The molecule has 2 aromatic carbocycles. The van der Waals surface area contributed by atoms with Crippen molar-refractivity contribution < 1.29 is 4.79 Å². The Kier molecular flexibility index (Phi) is 5.15. The molecule has 0 aliphatic heterocycles. The van der Waals surface area contributed by atoms with Crippen molar-refractivity contribution in [1.82, 2.24) is 0 Å². The zero-order valence-electron chi connectivity index (χ0n) is 13.0. The molecule has 0 radical (unpaired) electrons. The number of aryl methyl sites for hydroxylation is 1. The third kappa shape index (κ3) is 3.94. The van der Waals surface area contributed by atoms with Gasteiger partial charge < -0.3 is 5.32 Å². The van der Waals surface area contributed by atoms with Crippen LogP contribution in [0.15, 0.2) is 48.5 Å². The summed E-state index contributed by atoms with van der Waals surface area (Å²) in [6.45, 7) is 6.50. The molecule has 2 aromatic rings. The molecule has 0 unspecified atom stereocenters. The van der Waals surface area contributed by atoms with Crippen molar-refractivity contribution in [2.45, 2.75) is 39.5 Å². The number of benzene rings is 2. The highest BCUT2D eigenvalue weighted by Crippen LogP contribution is 2.20. The van der Waals surface area contributed by atoms with E-state index in [2.05, 4.69) is 38.2 Å². The third-order valence-electron chi connectivity index (χ3n) is 3.97. The lowest BCUT2D eigenvalue weighted by Crippen LogP contribution is -2.11. The van der Waals surface area contributed by atoms with E-state index in [-0.39, 0.29) is 5.91 Å². The molecule has 2 nitrogen and oxygen atoms in total. The quantitative estimate of drug-likeness (QED) is 0.819. The standard InChI is InChI=1S/C19H23NO/c1-4-14(3)16-10-12-18(13-11-16)20-19(21)17-8-6-15(5-2)7-9-17/h6-14H,4-5H2,1-3H3,(H,20,21)/t14-/m1/s1. The van der Waals surface area contributed by atoms with Crippen molar-refractivity contribution in [3.63, 3.8) is 0 Å². The molecule has 0 saturated heterocycles. The van der Waals surface area contributed by atoms with Gasteiger partial charge in [-0.3, -0.25) is 4.79 Å². The fraction of sp³-hybridized carbons (Fsp3) is 0.316. The number of carbonyl (C=O) groups excluding carboxylic acids is 1. The zero-order valence-corrected chi connectivity index (χ0v) is 13.0. The van der Waals surface area contributed by atoms with Crippen LogP contribution < -0.4 is 5.32 Å². The number of carbonyl (C=O) groups is 1. The van der Waals surface area contributed by atoms with Crippen LogP contribution >= 0.6 is 0 Å². The number of hydrogen-bond donors (Lipinski definition) is 1. The Bertz CT molecular complexity index is 584. The minimum Gasteiger partial charge on any atom is -0.322 e. The van der Waals surface area contributed by atoms with Gasteiger partial charge in [-0.15, -0.1) is 0 Å². The summed E-state index contributed by atoms with van der Waals surface area (Å²) in [4.78, 5) is 12.2. The number of nitrogens with one attached hydrogen (secondary N) is 1. The number of anilines is 1. The average molecular weight is 281 g/mol. The molecule has 1 N–H and O–H groups in total. The maximum absolute atomic E-state index is 12.2. The minimum absolute atomic E-state index is 0.0612. The predicted molar refractivity (Wildman–Crippen MR) is 88.9 cm³/mol. The summed E-state index contributed by atoms with van der Waals surface area (Å²) in [6, 6.07) is 15.9. The van der Waals surface area contributed by atoms with Crippen molar-refractivity contribution in [2.24, 2.45) is 0 Å². The van der Waals surface area contributed by atoms with Crippen LogP contribution in [0.25, 0.3) is 0 Å².